The minimum Gasteiger partial charge on any atom is -0.493 e. The Morgan fingerprint density at radius 2 is 2.30 bits per heavy atom. The number of nitrogens with one attached hydrogen (secondary N) is 1. The van der Waals surface area contributed by atoms with Gasteiger partial charge in [0.2, 0.25) is 5.91 Å². The van der Waals surface area contributed by atoms with Crippen LogP contribution in [0.1, 0.15) is 29.8 Å². The summed E-state index contributed by atoms with van der Waals surface area (Å²) >= 11 is 0. The van der Waals surface area contributed by atoms with E-state index in [0.29, 0.717) is 13.0 Å². The van der Waals surface area contributed by atoms with Crippen molar-refractivity contribution in [3.63, 3.8) is 0 Å². The van der Waals surface area contributed by atoms with E-state index >= 15 is 0 Å². The molecule has 1 aromatic heterocycles. The van der Waals surface area contributed by atoms with Gasteiger partial charge in [0.05, 0.1) is 13.0 Å². The molecule has 1 atom stereocenters. The van der Waals surface area contributed by atoms with Crippen LogP contribution in [0.2, 0.25) is 0 Å². The van der Waals surface area contributed by atoms with Crippen LogP contribution in [-0.4, -0.2) is 28.1 Å². The summed E-state index contributed by atoms with van der Waals surface area (Å²) in [5.41, 5.74) is 2.33. The molecule has 1 N–H and O–H groups in total. The number of hydrogen-bond acceptors (Lipinski definition) is 3. The fourth-order valence-electron chi connectivity index (χ4n) is 2.92. The molecular weight excluding hydrogens is 290 g/mol. The molecule has 1 aliphatic rings. The number of nitrogens with zero attached hydrogens (tertiary/aromatic N) is 2. The Morgan fingerprint density at radius 3 is 3.17 bits per heavy atom. The third kappa shape index (κ3) is 3.73. The van der Waals surface area contributed by atoms with E-state index in [1.54, 1.807) is 0 Å². The van der Waals surface area contributed by atoms with Crippen LogP contribution in [0.3, 0.4) is 0 Å². The van der Waals surface area contributed by atoms with Gasteiger partial charge in [-0.2, -0.15) is 0 Å². The van der Waals surface area contributed by atoms with Gasteiger partial charge in [0, 0.05) is 31.4 Å². The summed E-state index contributed by atoms with van der Waals surface area (Å²) < 4.78 is 7.86. The molecule has 0 fully saturated rings. The minimum absolute atomic E-state index is 0.0453. The van der Waals surface area contributed by atoms with Gasteiger partial charge in [0.15, 0.2) is 0 Å². The summed E-state index contributed by atoms with van der Waals surface area (Å²) in [5, 5.41) is 3.09. The molecule has 0 bridgehead atoms. The lowest BCUT2D eigenvalue weighted by Gasteiger charge is -2.24. The molecule has 0 radical (unpaired) electrons. The molecule has 1 aliphatic heterocycles. The molecule has 0 spiro atoms. The van der Waals surface area contributed by atoms with Gasteiger partial charge in [0.1, 0.15) is 11.6 Å². The number of hydrogen-bond donors (Lipinski definition) is 1. The zero-order valence-corrected chi connectivity index (χ0v) is 13.7. The Morgan fingerprint density at radius 1 is 1.43 bits per heavy atom. The molecule has 5 heteroatoms. The monoisotopic (exact) mass is 313 g/mol. The van der Waals surface area contributed by atoms with Crippen LogP contribution in [0.25, 0.3) is 0 Å². The number of rotatable bonds is 5. The van der Waals surface area contributed by atoms with E-state index < -0.39 is 0 Å². The number of amides is 1. The molecule has 23 heavy (non-hydrogen) atoms. The van der Waals surface area contributed by atoms with Crippen LogP contribution < -0.4 is 10.1 Å². The van der Waals surface area contributed by atoms with E-state index in [1.807, 2.05) is 31.5 Å². The zero-order chi connectivity index (χ0) is 16.2. The van der Waals surface area contributed by atoms with Crippen molar-refractivity contribution in [2.45, 2.75) is 45.7 Å². The highest BCUT2D eigenvalue weighted by molar-refractivity contribution is 5.76. The number of ether oxygens (including phenoxy) is 1. The van der Waals surface area contributed by atoms with Crippen molar-refractivity contribution in [3.05, 3.63) is 47.5 Å². The minimum atomic E-state index is 0.0453. The summed E-state index contributed by atoms with van der Waals surface area (Å²) in [6, 6.07) is 6.16. The number of benzene rings is 1. The first-order valence-corrected chi connectivity index (χ1v) is 8.12. The number of aryl methyl sites for hydroxylation is 2. The topological polar surface area (TPSA) is 56.1 Å². The van der Waals surface area contributed by atoms with Crippen LogP contribution in [0, 0.1) is 13.8 Å². The molecule has 2 heterocycles. The second-order valence-corrected chi connectivity index (χ2v) is 6.10. The SMILES string of the molecule is Cc1cccc(OCCC(=O)N[C@H]2CCc3nccn3C2)c1C. The van der Waals surface area contributed by atoms with Crippen molar-refractivity contribution in [1.82, 2.24) is 14.9 Å². The Labute approximate surface area is 136 Å². The molecule has 2 aromatic rings. The lowest BCUT2D eigenvalue weighted by atomic mass is 10.1. The Balaban J connectivity index is 1.44. The van der Waals surface area contributed by atoms with Gasteiger partial charge in [-0.15, -0.1) is 0 Å². The molecule has 0 unspecified atom stereocenters. The first-order valence-electron chi connectivity index (χ1n) is 8.12. The Bertz CT molecular complexity index is 693. The third-order valence-corrected chi connectivity index (χ3v) is 4.44. The van der Waals surface area contributed by atoms with Crippen LogP contribution in [0.4, 0.5) is 0 Å². The van der Waals surface area contributed by atoms with Crippen molar-refractivity contribution in [2.75, 3.05) is 6.61 Å². The lowest BCUT2D eigenvalue weighted by molar-refractivity contribution is -0.122. The van der Waals surface area contributed by atoms with Gasteiger partial charge in [0.25, 0.3) is 0 Å². The second kappa shape index (κ2) is 6.86. The average molecular weight is 313 g/mol. The number of imidazole rings is 1. The van der Waals surface area contributed by atoms with Crippen LogP contribution in [0.5, 0.6) is 5.75 Å². The summed E-state index contributed by atoms with van der Waals surface area (Å²) in [5.74, 6) is 2.01. The third-order valence-electron chi connectivity index (χ3n) is 4.44. The van der Waals surface area contributed by atoms with Crippen molar-refractivity contribution in [2.24, 2.45) is 0 Å². The van der Waals surface area contributed by atoms with E-state index in [9.17, 15) is 4.79 Å². The maximum atomic E-state index is 12.1. The smallest absolute Gasteiger partial charge is 0.223 e. The van der Waals surface area contributed by atoms with E-state index in [2.05, 4.69) is 27.9 Å². The lowest BCUT2D eigenvalue weighted by Crippen LogP contribution is -2.41. The molecule has 0 saturated carbocycles. The fourth-order valence-corrected chi connectivity index (χ4v) is 2.92. The van der Waals surface area contributed by atoms with Gasteiger partial charge in [-0.05, 0) is 37.5 Å². The molecular formula is C18H23N3O2. The molecule has 1 aromatic carbocycles. The largest absolute Gasteiger partial charge is 0.493 e. The van der Waals surface area contributed by atoms with Crippen LogP contribution in [0.15, 0.2) is 30.6 Å². The van der Waals surface area contributed by atoms with Gasteiger partial charge < -0.3 is 14.6 Å². The molecule has 122 valence electrons. The van der Waals surface area contributed by atoms with Gasteiger partial charge >= 0.3 is 0 Å². The van der Waals surface area contributed by atoms with Crippen LogP contribution >= 0.6 is 0 Å². The van der Waals surface area contributed by atoms with Crippen molar-refractivity contribution < 1.29 is 9.53 Å². The van der Waals surface area contributed by atoms with Gasteiger partial charge in [-0.3, -0.25) is 4.79 Å². The van der Waals surface area contributed by atoms with E-state index in [4.69, 9.17) is 4.74 Å². The predicted molar refractivity (Wildman–Crippen MR) is 88.5 cm³/mol. The Kier molecular flexibility index (Phi) is 4.65. The summed E-state index contributed by atoms with van der Waals surface area (Å²) in [6.45, 7) is 5.30. The van der Waals surface area contributed by atoms with Crippen molar-refractivity contribution in [1.29, 1.82) is 0 Å². The zero-order valence-electron chi connectivity index (χ0n) is 13.7. The standard InChI is InChI=1S/C18H23N3O2/c1-13-4-3-5-16(14(13)2)23-11-8-18(22)20-15-6-7-17-19-9-10-21(17)12-15/h3-5,9-10,15H,6-8,11-12H2,1-2H3,(H,20,22)/t15-/m0/s1. The summed E-state index contributed by atoms with van der Waals surface area (Å²) in [7, 11) is 0. The maximum Gasteiger partial charge on any atom is 0.223 e. The normalized spacial score (nSPS) is 16.7. The van der Waals surface area contributed by atoms with Crippen molar-refractivity contribution in [3.8, 4) is 5.75 Å². The molecule has 1 amide bonds. The average Bonchev–Trinajstić information content (AvgIpc) is 2.99. The van der Waals surface area contributed by atoms with Crippen molar-refractivity contribution >= 4 is 5.91 Å². The molecule has 0 aliphatic carbocycles. The number of carbonyl (C=O) groups is 1. The maximum absolute atomic E-state index is 12.1. The molecule has 5 nitrogen and oxygen atoms in total. The predicted octanol–water partition coefficient (Wildman–Crippen LogP) is 2.40. The number of aromatic nitrogens is 2. The quantitative estimate of drug-likeness (QED) is 0.922. The molecule has 3 rings (SSSR count). The first-order chi connectivity index (χ1) is 11.1. The highest BCUT2D eigenvalue weighted by Gasteiger charge is 2.20. The summed E-state index contributed by atoms with van der Waals surface area (Å²) in [6.07, 6.45) is 6.02. The molecule has 0 saturated heterocycles. The summed E-state index contributed by atoms with van der Waals surface area (Å²) in [4.78, 5) is 16.4. The highest BCUT2D eigenvalue weighted by atomic mass is 16.5. The van der Waals surface area contributed by atoms with Crippen LogP contribution in [-0.2, 0) is 17.8 Å². The Hall–Kier alpha value is -2.30. The van der Waals surface area contributed by atoms with E-state index in [-0.39, 0.29) is 11.9 Å². The van der Waals surface area contributed by atoms with E-state index in [1.165, 1.54) is 5.56 Å². The number of fused-ring (bicyclic) bond motifs is 1. The second-order valence-electron chi connectivity index (χ2n) is 6.10. The van der Waals surface area contributed by atoms with Gasteiger partial charge in [-0.25, -0.2) is 4.98 Å². The fraction of sp³-hybridized carbons (Fsp3) is 0.444. The van der Waals surface area contributed by atoms with Gasteiger partial charge in [-0.1, -0.05) is 12.1 Å². The highest BCUT2D eigenvalue weighted by Crippen LogP contribution is 2.20. The first kappa shape index (κ1) is 15.6. The van der Waals surface area contributed by atoms with E-state index in [0.717, 1.165) is 36.5 Å². The number of carbonyl (C=O) groups excluding carboxylic acids is 1.